The predicted molar refractivity (Wildman–Crippen MR) is 108 cm³/mol. The number of carbonyl (C=O) groups excluding carboxylic acids is 1. The third-order valence-electron chi connectivity index (χ3n) is 4.18. The van der Waals surface area contributed by atoms with E-state index in [4.69, 9.17) is 9.47 Å². The van der Waals surface area contributed by atoms with Crippen LogP contribution in [0.15, 0.2) is 52.0 Å². The van der Waals surface area contributed by atoms with Crippen molar-refractivity contribution in [3.63, 3.8) is 0 Å². The lowest BCUT2D eigenvalue weighted by Gasteiger charge is -2.25. The van der Waals surface area contributed by atoms with Gasteiger partial charge in [-0.05, 0) is 24.3 Å². The lowest BCUT2D eigenvalue weighted by atomic mass is 10.2. The second kappa shape index (κ2) is 10.3. The average Bonchev–Trinajstić information content (AvgIpc) is 2.69. The summed E-state index contributed by atoms with van der Waals surface area (Å²) in [5, 5.41) is 4.02. The van der Waals surface area contributed by atoms with Crippen molar-refractivity contribution in [2.24, 2.45) is 5.10 Å². The molecule has 0 aromatic heterocycles. The Morgan fingerprint density at radius 2 is 2.07 bits per heavy atom. The monoisotopic (exact) mass is 449 g/mol. The molecule has 8 heteroatoms. The minimum atomic E-state index is -0.315. The number of hydrogen-bond donors (Lipinski definition) is 1. The number of hydrogen-bond acceptors (Lipinski definition) is 5. The number of nitrogens with zero attached hydrogens (tertiary/aromatic N) is 2. The van der Waals surface area contributed by atoms with Crippen LogP contribution in [0.25, 0.3) is 0 Å². The second-order valence-corrected chi connectivity index (χ2v) is 7.16. The molecule has 0 spiro atoms. The normalized spacial score (nSPS) is 14.9. The number of rotatable bonds is 7. The molecule has 1 fully saturated rings. The van der Waals surface area contributed by atoms with Crippen LogP contribution in [-0.4, -0.2) is 49.9 Å². The first-order valence-electron chi connectivity index (χ1n) is 8.89. The van der Waals surface area contributed by atoms with E-state index in [1.807, 2.05) is 17.0 Å². The van der Waals surface area contributed by atoms with Crippen LogP contribution in [0.2, 0.25) is 0 Å². The molecule has 0 atom stereocenters. The quantitative estimate of drug-likeness (QED) is 0.521. The van der Waals surface area contributed by atoms with Crippen LogP contribution in [0.5, 0.6) is 5.75 Å². The maximum atomic E-state index is 13.8. The van der Waals surface area contributed by atoms with Crippen molar-refractivity contribution < 1.29 is 18.7 Å². The Morgan fingerprint density at radius 1 is 1.29 bits per heavy atom. The topological polar surface area (TPSA) is 63.2 Å². The summed E-state index contributed by atoms with van der Waals surface area (Å²) in [4.78, 5) is 14.0. The van der Waals surface area contributed by atoms with Gasteiger partial charge in [0.2, 0.25) is 0 Å². The molecule has 0 radical (unpaired) electrons. The summed E-state index contributed by atoms with van der Waals surface area (Å²) in [6.07, 6.45) is 1.51. The summed E-state index contributed by atoms with van der Waals surface area (Å²) in [7, 11) is 0. The Balaban J connectivity index is 1.59. The number of halogens is 2. The third kappa shape index (κ3) is 6.12. The van der Waals surface area contributed by atoms with Crippen LogP contribution in [0.4, 0.5) is 4.39 Å². The first-order chi connectivity index (χ1) is 13.6. The van der Waals surface area contributed by atoms with Gasteiger partial charge in [-0.2, -0.15) is 5.10 Å². The van der Waals surface area contributed by atoms with Gasteiger partial charge in [0, 0.05) is 28.7 Å². The highest BCUT2D eigenvalue weighted by molar-refractivity contribution is 9.10. The first kappa shape index (κ1) is 20.4. The first-order valence-corrected chi connectivity index (χ1v) is 9.69. The number of ether oxygens (including phenoxy) is 2. The molecule has 28 heavy (non-hydrogen) atoms. The zero-order valence-electron chi connectivity index (χ0n) is 15.2. The molecule has 3 rings (SSSR count). The van der Waals surface area contributed by atoms with Gasteiger partial charge in [-0.1, -0.05) is 34.1 Å². The Labute approximate surface area is 171 Å². The highest BCUT2D eigenvalue weighted by Crippen LogP contribution is 2.23. The van der Waals surface area contributed by atoms with Gasteiger partial charge in [-0.3, -0.25) is 9.69 Å². The molecular weight excluding hydrogens is 429 g/mol. The van der Waals surface area contributed by atoms with Crippen LogP contribution in [0, 0.1) is 5.82 Å². The minimum Gasteiger partial charge on any atom is -0.488 e. The van der Waals surface area contributed by atoms with E-state index in [-0.39, 0.29) is 24.9 Å². The summed E-state index contributed by atoms with van der Waals surface area (Å²) < 4.78 is 25.6. The molecule has 2 aromatic carbocycles. The second-order valence-electron chi connectivity index (χ2n) is 6.24. The smallest absolute Gasteiger partial charge is 0.254 e. The highest BCUT2D eigenvalue weighted by Gasteiger charge is 2.13. The summed E-state index contributed by atoms with van der Waals surface area (Å²) in [6.45, 7) is 3.11. The van der Waals surface area contributed by atoms with Crippen molar-refractivity contribution >= 4 is 28.1 Å². The molecule has 1 heterocycles. The standard InChI is InChI=1S/C20H21BrFN3O3/c21-17-5-6-19(28-14-15-3-1-2-4-18(15)22)16(11-17)12-23-24-20(26)13-25-7-9-27-10-8-25/h1-6,11-12H,7-10,13-14H2,(H,24,26)/b23-12-. The van der Waals surface area contributed by atoms with E-state index in [0.29, 0.717) is 30.1 Å². The van der Waals surface area contributed by atoms with Crippen LogP contribution in [-0.2, 0) is 16.1 Å². The maximum absolute atomic E-state index is 13.8. The number of carbonyl (C=O) groups is 1. The Bertz CT molecular complexity index is 841. The van der Waals surface area contributed by atoms with Crippen molar-refractivity contribution in [2.45, 2.75) is 6.61 Å². The van der Waals surface area contributed by atoms with E-state index < -0.39 is 0 Å². The number of nitrogens with one attached hydrogen (secondary N) is 1. The van der Waals surface area contributed by atoms with Gasteiger partial charge in [0.15, 0.2) is 0 Å². The number of benzene rings is 2. The lowest BCUT2D eigenvalue weighted by Crippen LogP contribution is -2.42. The zero-order chi connectivity index (χ0) is 19.8. The fraction of sp³-hybridized carbons (Fsp3) is 0.300. The van der Waals surface area contributed by atoms with E-state index in [1.54, 1.807) is 24.3 Å². The minimum absolute atomic E-state index is 0.0958. The van der Waals surface area contributed by atoms with Crippen molar-refractivity contribution in [3.05, 3.63) is 63.9 Å². The summed E-state index contributed by atoms with van der Waals surface area (Å²) in [5.74, 6) is 0.0322. The van der Waals surface area contributed by atoms with Gasteiger partial charge >= 0.3 is 0 Å². The van der Waals surface area contributed by atoms with Gasteiger partial charge in [0.1, 0.15) is 18.2 Å². The van der Waals surface area contributed by atoms with Crippen LogP contribution in [0.3, 0.4) is 0 Å². The van der Waals surface area contributed by atoms with Crippen molar-refractivity contribution in [1.82, 2.24) is 10.3 Å². The van der Waals surface area contributed by atoms with Crippen molar-refractivity contribution in [2.75, 3.05) is 32.8 Å². The van der Waals surface area contributed by atoms with Gasteiger partial charge < -0.3 is 9.47 Å². The fourth-order valence-corrected chi connectivity index (χ4v) is 3.07. The SMILES string of the molecule is O=C(CN1CCOCC1)N/N=C\c1cc(Br)ccc1OCc1ccccc1F. The maximum Gasteiger partial charge on any atom is 0.254 e. The summed E-state index contributed by atoms with van der Waals surface area (Å²) in [6, 6.07) is 11.9. The largest absolute Gasteiger partial charge is 0.488 e. The van der Waals surface area contributed by atoms with Crippen LogP contribution < -0.4 is 10.2 Å². The molecule has 0 saturated carbocycles. The highest BCUT2D eigenvalue weighted by atomic mass is 79.9. The molecule has 1 aliphatic heterocycles. The Morgan fingerprint density at radius 3 is 2.86 bits per heavy atom. The zero-order valence-corrected chi connectivity index (χ0v) is 16.8. The van der Waals surface area contributed by atoms with E-state index in [9.17, 15) is 9.18 Å². The van der Waals surface area contributed by atoms with Crippen molar-refractivity contribution in [3.8, 4) is 5.75 Å². The van der Waals surface area contributed by atoms with E-state index in [0.717, 1.165) is 17.6 Å². The summed E-state index contributed by atoms with van der Waals surface area (Å²) in [5.41, 5.74) is 3.65. The van der Waals surface area contributed by atoms with E-state index in [2.05, 4.69) is 26.5 Å². The Kier molecular flexibility index (Phi) is 7.53. The van der Waals surface area contributed by atoms with Gasteiger partial charge in [-0.25, -0.2) is 9.82 Å². The lowest BCUT2D eigenvalue weighted by molar-refractivity contribution is -0.123. The molecule has 2 aromatic rings. The molecular formula is C20H21BrFN3O3. The third-order valence-corrected chi connectivity index (χ3v) is 4.67. The molecule has 0 aliphatic carbocycles. The number of amides is 1. The molecule has 1 N–H and O–H groups in total. The predicted octanol–water partition coefficient (Wildman–Crippen LogP) is 2.95. The molecule has 148 valence electrons. The average molecular weight is 450 g/mol. The van der Waals surface area contributed by atoms with Gasteiger partial charge in [-0.15, -0.1) is 0 Å². The molecule has 6 nitrogen and oxygen atoms in total. The molecule has 0 unspecified atom stereocenters. The molecule has 1 aliphatic rings. The molecule has 0 bridgehead atoms. The van der Waals surface area contributed by atoms with Crippen LogP contribution in [0.1, 0.15) is 11.1 Å². The number of morpholine rings is 1. The summed E-state index contributed by atoms with van der Waals surface area (Å²) >= 11 is 3.41. The van der Waals surface area contributed by atoms with Gasteiger partial charge in [0.25, 0.3) is 5.91 Å². The fourth-order valence-electron chi connectivity index (χ4n) is 2.69. The molecule has 1 amide bonds. The van der Waals surface area contributed by atoms with E-state index >= 15 is 0 Å². The van der Waals surface area contributed by atoms with Gasteiger partial charge in [0.05, 0.1) is 26.0 Å². The van der Waals surface area contributed by atoms with Crippen molar-refractivity contribution in [1.29, 1.82) is 0 Å². The van der Waals surface area contributed by atoms with E-state index in [1.165, 1.54) is 12.3 Å². The number of hydrazone groups is 1. The molecule has 1 saturated heterocycles. The van der Waals surface area contributed by atoms with Crippen LogP contribution >= 0.6 is 15.9 Å². The Hall–Kier alpha value is -2.29.